The molecule has 0 bridgehead atoms. The van der Waals surface area contributed by atoms with E-state index in [2.05, 4.69) is 24.6 Å². The summed E-state index contributed by atoms with van der Waals surface area (Å²) in [7, 11) is 0. The maximum absolute atomic E-state index is 12.1. The highest BCUT2D eigenvalue weighted by Crippen LogP contribution is 2.10. The first kappa shape index (κ1) is 20.9. The van der Waals surface area contributed by atoms with Crippen molar-refractivity contribution in [2.75, 3.05) is 0 Å². The van der Waals surface area contributed by atoms with E-state index in [1.807, 2.05) is 54.6 Å². The number of nitrogens with one attached hydrogen (secondary N) is 1. The zero-order valence-electron chi connectivity index (χ0n) is 16.3. The van der Waals surface area contributed by atoms with Gasteiger partial charge in [0.2, 0.25) is 0 Å². The Morgan fingerprint density at radius 3 is 2.37 bits per heavy atom. The third kappa shape index (κ3) is 8.69. The molecule has 0 saturated heterocycles. The van der Waals surface area contributed by atoms with Crippen LogP contribution in [0.3, 0.4) is 0 Å². The maximum atomic E-state index is 12.1. The molecular weight excluding hydrogens is 334 g/mol. The molecule has 0 atom stereocenters. The molecule has 0 spiro atoms. The molecule has 1 N–H and O–H groups in total. The molecule has 2 aromatic carbocycles. The van der Waals surface area contributed by atoms with Crippen LogP contribution < -0.4 is 5.48 Å². The molecule has 0 unspecified atom stereocenters. The normalized spacial score (nSPS) is 11.0. The minimum absolute atomic E-state index is 0.228. The first-order valence-electron chi connectivity index (χ1n) is 10.0. The second kappa shape index (κ2) is 12.9. The number of rotatable bonds is 12. The highest BCUT2D eigenvalue weighted by Gasteiger charge is 2.04. The van der Waals surface area contributed by atoms with E-state index in [9.17, 15) is 4.79 Å². The number of allylic oxidation sites excluding steroid dienone is 1. The SMILES string of the molecule is CCCCCCCC/C=C\c1ccc(C(=O)NOCc2ccccc2)cc1. The van der Waals surface area contributed by atoms with E-state index in [0.717, 1.165) is 17.5 Å². The molecule has 3 heteroatoms. The summed E-state index contributed by atoms with van der Waals surface area (Å²) in [6.45, 7) is 2.60. The Bertz CT molecular complexity index is 677. The van der Waals surface area contributed by atoms with E-state index in [-0.39, 0.29) is 5.91 Å². The van der Waals surface area contributed by atoms with Gasteiger partial charge in [0.1, 0.15) is 0 Å². The lowest BCUT2D eigenvalue weighted by Gasteiger charge is -2.06. The third-order valence-electron chi connectivity index (χ3n) is 4.45. The van der Waals surface area contributed by atoms with Gasteiger partial charge < -0.3 is 0 Å². The fraction of sp³-hybridized carbons (Fsp3) is 0.375. The van der Waals surface area contributed by atoms with Crippen LogP contribution in [0.2, 0.25) is 0 Å². The van der Waals surface area contributed by atoms with E-state index < -0.39 is 0 Å². The van der Waals surface area contributed by atoms with Crippen molar-refractivity contribution in [3.05, 3.63) is 77.4 Å². The number of hydrogen-bond acceptors (Lipinski definition) is 2. The molecular formula is C24H31NO2. The van der Waals surface area contributed by atoms with Gasteiger partial charge in [0.05, 0.1) is 6.61 Å². The summed E-state index contributed by atoms with van der Waals surface area (Å²) >= 11 is 0. The largest absolute Gasteiger partial charge is 0.274 e. The van der Waals surface area contributed by atoms with Crippen molar-refractivity contribution in [1.82, 2.24) is 5.48 Å². The molecule has 0 aliphatic rings. The quantitative estimate of drug-likeness (QED) is 0.353. The average molecular weight is 366 g/mol. The van der Waals surface area contributed by atoms with Crippen LogP contribution in [0.15, 0.2) is 60.7 Å². The Labute approximate surface area is 163 Å². The minimum Gasteiger partial charge on any atom is -0.269 e. The Hall–Kier alpha value is -2.39. The number of benzene rings is 2. The van der Waals surface area contributed by atoms with Crippen LogP contribution >= 0.6 is 0 Å². The molecule has 0 saturated carbocycles. The Morgan fingerprint density at radius 2 is 1.63 bits per heavy atom. The van der Waals surface area contributed by atoms with E-state index in [0.29, 0.717) is 12.2 Å². The fourth-order valence-electron chi connectivity index (χ4n) is 2.83. The van der Waals surface area contributed by atoms with Crippen molar-refractivity contribution >= 4 is 12.0 Å². The van der Waals surface area contributed by atoms with Crippen LogP contribution in [-0.2, 0) is 11.4 Å². The molecule has 1 amide bonds. The summed E-state index contributed by atoms with van der Waals surface area (Å²) < 4.78 is 0. The average Bonchev–Trinajstić information content (AvgIpc) is 2.71. The fourth-order valence-corrected chi connectivity index (χ4v) is 2.83. The van der Waals surface area contributed by atoms with E-state index in [1.165, 1.54) is 38.5 Å². The second-order valence-corrected chi connectivity index (χ2v) is 6.79. The summed E-state index contributed by atoms with van der Waals surface area (Å²) in [6, 6.07) is 17.3. The van der Waals surface area contributed by atoms with Crippen LogP contribution in [0.25, 0.3) is 6.08 Å². The summed E-state index contributed by atoms with van der Waals surface area (Å²) in [5.74, 6) is -0.228. The van der Waals surface area contributed by atoms with E-state index >= 15 is 0 Å². The van der Waals surface area contributed by atoms with Crippen molar-refractivity contribution in [3.63, 3.8) is 0 Å². The number of carbonyl (C=O) groups is 1. The van der Waals surface area contributed by atoms with Crippen molar-refractivity contribution in [2.24, 2.45) is 0 Å². The Balaban J connectivity index is 1.66. The molecule has 0 aliphatic carbocycles. The van der Waals surface area contributed by atoms with Gasteiger partial charge in [-0.05, 0) is 36.1 Å². The van der Waals surface area contributed by atoms with Gasteiger partial charge in [-0.15, -0.1) is 0 Å². The molecule has 144 valence electrons. The van der Waals surface area contributed by atoms with Crippen LogP contribution in [0.4, 0.5) is 0 Å². The topological polar surface area (TPSA) is 38.3 Å². The van der Waals surface area contributed by atoms with E-state index in [4.69, 9.17) is 4.84 Å². The van der Waals surface area contributed by atoms with Crippen LogP contribution in [0, 0.1) is 0 Å². The molecule has 3 nitrogen and oxygen atoms in total. The zero-order chi connectivity index (χ0) is 19.2. The van der Waals surface area contributed by atoms with Crippen molar-refractivity contribution in [3.8, 4) is 0 Å². The first-order chi connectivity index (χ1) is 13.3. The van der Waals surface area contributed by atoms with Crippen LogP contribution in [0.1, 0.15) is 73.4 Å². The number of hydrogen-bond donors (Lipinski definition) is 1. The summed E-state index contributed by atoms with van der Waals surface area (Å²) in [5, 5.41) is 0. The Morgan fingerprint density at radius 1 is 0.926 bits per heavy atom. The smallest absolute Gasteiger partial charge is 0.269 e. The predicted molar refractivity (Wildman–Crippen MR) is 112 cm³/mol. The van der Waals surface area contributed by atoms with Crippen LogP contribution in [-0.4, -0.2) is 5.91 Å². The highest BCUT2D eigenvalue weighted by atomic mass is 16.6. The van der Waals surface area contributed by atoms with Gasteiger partial charge in [-0.25, -0.2) is 5.48 Å². The van der Waals surface area contributed by atoms with E-state index in [1.54, 1.807) is 0 Å². The number of carbonyl (C=O) groups excluding carboxylic acids is 1. The van der Waals surface area contributed by atoms with Crippen molar-refractivity contribution < 1.29 is 9.63 Å². The Kier molecular flexibility index (Phi) is 9.98. The third-order valence-corrected chi connectivity index (χ3v) is 4.45. The van der Waals surface area contributed by atoms with Gasteiger partial charge in [-0.3, -0.25) is 9.63 Å². The minimum atomic E-state index is -0.228. The lowest BCUT2D eigenvalue weighted by molar-refractivity contribution is 0.0233. The number of amides is 1. The number of unbranched alkanes of at least 4 members (excludes halogenated alkanes) is 6. The first-order valence-corrected chi connectivity index (χ1v) is 10.0. The highest BCUT2D eigenvalue weighted by molar-refractivity contribution is 5.93. The standard InChI is InChI=1S/C24H31NO2/c1-2-3-4-5-6-7-8-10-13-21-16-18-23(19-17-21)24(26)25-27-20-22-14-11-9-12-15-22/h9-19H,2-8,20H2,1H3,(H,25,26)/b13-10-. The molecule has 0 aromatic heterocycles. The van der Waals surface area contributed by atoms with Gasteiger partial charge in [0.25, 0.3) is 5.91 Å². The molecule has 2 aromatic rings. The van der Waals surface area contributed by atoms with Gasteiger partial charge in [-0.2, -0.15) is 0 Å². The molecule has 0 aliphatic heterocycles. The maximum Gasteiger partial charge on any atom is 0.274 e. The van der Waals surface area contributed by atoms with Gasteiger partial charge >= 0.3 is 0 Å². The molecule has 2 rings (SSSR count). The summed E-state index contributed by atoms with van der Waals surface area (Å²) in [6.07, 6.45) is 13.4. The number of hydroxylamine groups is 1. The molecule has 0 fully saturated rings. The monoisotopic (exact) mass is 365 g/mol. The lowest BCUT2D eigenvalue weighted by Crippen LogP contribution is -2.23. The molecule has 27 heavy (non-hydrogen) atoms. The van der Waals surface area contributed by atoms with Gasteiger partial charge in [0, 0.05) is 5.56 Å². The molecule has 0 heterocycles. The lowest BCUT2D eigenvalue weighted by atomic mass is 10.1. The predicted octanol–water partition coefficient (Wildman–Crippen LogP) is 6.31. The van der Waals surface area contributed by atoms with Crippen molar-refractivity contribution in [1.29, 1.82) is 0 Å². The van der Waals surface area contributed by atoms with Crippen LogP contribution in [0.5, 0.6) is 0 Å². The summed E-state index contributed by atoms with van der Waals surface area (Å²) in [4.78, 5) is 17.4. The van der Waals surface area contributed by atoms with Gasteiger partial charge in [0.15, 0.2) is 0 Å². The second-order valence-electron chi connectivity index (χ2n) is 6.79. The zero-order valence-corrected chi connectivity index (χ0v) is 16.3. The summed E-state index contributed by atoms with van der Waals surface area (Å²) in [5.41, 5.74) is 5.22. The van der Waals surface area contributed by atoms with Crippen molar-refractivity contribution in [2.45, 2.75) is 58.5 Å². The van der Waals surface area contributed by atoms with Gasteiger partial charge in [-0.1, -0.05) is 93.6 Å². The molecule has 0 radical (unpaired) electrons.